The predicted molar refractivity (Wildman–Crippen MR) is 110 cm³/mol. The lowest BCUT2D eigenvalue weighted by Gasteiger charge is -2.24. The monoisotopic (exact) mass is 400 g/mol. The highest BCUT2D eigenvalue weighted by atomic mass is 35.5. The molecule has 4 nitrogen and oxygen atoms in total. The SMILES string of the molecule is CCN(CC)Cc1ccc2c(c1)OC(=O)C(c1nc3c(Cl)cccc3s1)C2. The zero-order chi connectivity index (χ0) is 19.0. The van der Waals surface area contributed by atoms with Crippen LogP contribution in [0.3, 0.4) is 0 Å². The van der Waals surface area contributed by atoms with E-state index in [1.54, 1.807) is 0 Å². The van der Waals surface area contributed by atoms with Crippen molar-refractivity contribution in [2.45, 2.75) is 32.7 Å². The van der Waals surface area contributed by atoms with Crippen LogP contribution >= 0.6 is 22.9 Å². The summed E-state index contributed by atoms with van der Waals surface area (Å²) in [5, 5.41) is 1.38. The van der Waals surface area contributed by atoms with Crippen LogP contribution in [0, 0.1) is 0 Å². The highest BCUT2D eigenvalue weighted by Gasteiger charge is 2.32. The summed E-state index contributed by atoms with van der Waals surface area (Å²) in [7, 11) is 0. The number of hydrogen-bond acceptors (Lipinski definition) is 5. The van der Waals surface area contributed by atoms with E-state index >= 15 is 0 Å². The van der Waals surface area contributed by atoms with Crippen LogP contribution in [0.5, 0.6) is 5.75 Å². The van der Waals surface area contributed by atoms with Gasteiger partial charge in [0.2, 0.25) is 0 Å². The molecule has 4 rings (SSSR count). The van der Waals surface area contributed by atoms with Crippen LogP contribution in [0.2, 0.25) is 5.02 Å². The first-order valence-corrected chi connectivity index (χ1v) is 10.4. The van der Waals surface area contributed by atoms with Crippen molar-refractivity contribution in [3.8, 4) is 5.75 Å². The molecule has 0 fully saturated rings. The normalized spacial score (nSPS) is 16.6. The Bertz CT molecular complexity index is 997. The highest BCUT2D eigenvalue weighted by Crippen LogP contribution is 2.38. The molecule has 1 aliphatic rings. The average molecular weight is 401 g/mol. The number of hydrogen-bond donors (Lipinski definition) is 0. The molecule has 0 spiro atoms. The van der Waals surface area contributed by atoms with Gasteiger partial charge in [-0.2, -0.15) is 0 Å². The number of thiazole rings is 1. The molecule has 3 aromatic rings. The zero-order valence-corrected chi connectivity index (χ0v) is 16.9. The molecule has 140 valence electrons. The Labute approximate surface area is 167 Å². The molecule has 0 saturated heterocycles. The van der Waals surface area contributed by atoms with Gasteiger partial charge in [0.25, 0.3) is 0 Å². The molecule has 0 saturated carbocycles. The number of esters is 1. The molecule has 0 amide bonds. The van der Waals surface area contributed by atoms with E-state index in [2.05, 4.69) is 35.9 Å². The van der Waals surface area contributed by atoms with E-state index in [1.807, 2.05) is 24.3 Å². The summed E-state index contributed by atoms with van der Waals surface area (Å²) in [4.78, 5) is 19.6. The summed E-state index contributed by atoms with van der Waals surface area (Å²) in [6.45, 7) is 7.15. The first-order chi connectivity index (χ1) is 13.1. The standard InChI is InChI=1S/C21H21ClN2O2S/c1-3-24(4-2)12-13-8-9-14-11-15(21(25)26-17(14)10-13)20-23-19-16(22)6-5-7-18(19)27-20/h5-10,15H,3-4,11-12H2,1-2H3. The van der Waals surface area contributed by atoms with Gasteiger partial charge in [-0.05, 0) is 48.8 Å². The van der Waals surface area contributed by atoms with Gasteiger partial charge >= 0.3 is 5.97 Å². The lowest BCUT2D eigenvalue weighted by molar-refractivity contribution is -0.137. The summed E-state index contributed by atoms with van der Waals surface area (Å²) >= 11 is 7.74. The Morgan fingerprint density at radius 2 is 2.07 bits per heavy atom. The Kier molecular flexibility index (Phi) is 5.17. The molecule has 0 radical (unpaired) electrons. The smallest absolute Gasteiger partial charge is 0.321 e. The Balaban J connectivity index is 1.61. The van der Waals surface area contributed by atoms with Gasteiger partial charge in [0.05, 0.1) is 9.72 Å². The van der Waals surface area contributed by atoms with E-state index in [1.165, 1.54) is 11.3 Å². The number of ether oxygens (including phenoxy) is 1. The van der Waals surface area contributed by atoms with Gasteiger partial charge in [0, 0.05) is 6.54 Å². The molecule has 27 heavy (non-hydrogen) atoms. The number of para-hydroxylation sites is 1. The van der Waals surface area contributed by atoms with Crippen LogP contribution in [-0.2, 0) is 17.8 Å². The molecular weight excluding hydrogens is 380 g/mol. The first kappa shape index (κ1) is 18.4. The molecule has 1 aliphatic heterocycles. The molecule has 2 aromatic carbocycles. The summed E-state index contributed by atoms with van der Waals surface area (Å²) in [6.07, 6.45) is 0.608. The summed E-state index contributed by atoms with van der Waals surface area (Å²) in [5.41, 5.74) is 2.97. The minimum Gasteiger partial charge on any atom is -0.426 e. The second-order valence-electron chi connectivity index (χ2n) is 6.72. The average Bonchev–Trinajstić information content (AvgIpc) is 3.11. The van der Waals surface area contributed by atoms with Crippen molar-refractivity contribution in [1.82, 2.24) is 9.88 Å². The van der Waals surface area contributed by atoms with Gasteiger partial charge < -0.3 is 4.74 Å². The predicted octanol–water partition coefficient (Wildman–Crippen LogP) is 5.04. The molecule has 1 atom stereocenters. The largest absolute Gasteiger partial charge is 0.426 e. The third kappa shape index (κ3) is 3.59. The molecule has 1 unspecified atom stereocenters. The second kappa shape index (κ2) is 7.58. The van der Waals surface area contributed by atoms with Crippen LogP contribution in [0.25, 0.3) is 10.2 Å². The zero-order valence-electron chi connectivity index (χ0n) is 15.4. The summed E-state index contributed by atoms with van der Waals surface area (Å²) in [5.74, 6) is 0.0670. The Morgan fingerprint density at radius 3 is 2.81 bits per heavy atom. The fraction of sp³-hybridized carbons (Fsp3) is 0.333. The fourth-order valence-corrected chi connectivity index (χ4v) is 4.77. The van der Waals surface area contributed by atoms with Gasteiger partial charge in [0.1, 0.15) is 22.2 Å². The van der Waals surface area contributed by atoms with Crippen molar-refractivity contribution >= 4 is 39.1 Å². The Hall–Kier alpha value is -1.95. The van der Waals surface area contributed by atoms with Crippen LogP contribution in [-0.4, -0.2) is 28.9 Å². The molecule has 2 heterocycles. The number of carbonyl (C=O) groups excluding carboxylic acids is 1. The van der Waals surface area contributed by atoms with E-state index in [9.17, 15) is 4.79 Å². The highest BCUT2D eigenvalue weighted by molar-refractivity contribution is 7.18. The van der Waals surface area contributed by atoms with Gasteiger partial charge in [0.15, 0.2) is 0 Å². The quantitative estimate of drug-likeness (QED) is 0.444. The van der Waals surface area contributed by atoms with E-state index in [4.69, 9.17) is 16.3 Å². The van der Waals surface area contributed by atoms with Crippen LogP contribution in [0.4, 0.5) is 0 Å². The number of nitrogens with zero attached hydrogens (tertiary/aromatic N) is 2. The molecule has 0 bridgehead atoms. The maximum absolute atomic E-state index is 12.7. The van der Waals surface area contributed by atoms with Crippen LogP contribution in [0.15, 0.2) is 36.4 Å². The minimum absolute atomic E-state index is 0.238. The first-order valence-electron chi connectivity index (χ1n) is 9.19. The van der Waals surface area contributed by atoms with E-state index in [-0.39, 0.29) is 11.9 Å². The number of rotatable bonds is 5. The van der Waals surface area contributed by atoms with Crippen molar-refractivity contribution in [2.75, 3.05) is 13.1 Å². The Morgan fingerprint density at radius 1 is 1.26 bits per heavy atom. The number of benzene rings is 2. The molecule has 1 aromatic heterocycles. The minimum atomic E-state index is -0.375. The second-order valence-corrected chi connectivity index (χ2v) is 8.19. The fourth-order valence-electron chi connectivity index (χ4n) is 3.42. The molecule has 0 N–H and O–H groups in total. The van der Waals surface area contributed by atoms with Gasteiger partial charge in [-0.1, -0.05) is 43.6 Å². The van der Waals surface area contributed by atoms with Crippen molar-refractivity contribution in [3.63, 3.8) is 0 Å². The third-order valence-electron chi connectivity index (χ3n) is 5.04. The van der Waals surface area contributed by atoms with Gasteiger partial charge in [-0.15, -0.1) is 11.3 Å². The van der Waals surface area contributed by atoms with E-state index < -0.39 is 0 Å². The number of aromatic nitrogens is 1. The topological polar surface area (TPSA) is 42.4 Å². The van der Waals surface area contributed by atoms with Crippen molar-refractivity contribution in [2.24, 2.45) is 0 Å². The molecular formula is C21H21ClN2O2S. The maximum Gasteiger partial charge on any atom is 0.321 e. The third-order valence-corrected chi connectivity index (χ3v) is 6.47. The lowest BCUT2D eigenvalue weighted by atomic mass is 9.95. The van der Waals surface area contributed by atoms with E-state index in [0.717, 1.165) is 46.0 Å². The lowest BCUT2D eigenvalue weighted by Crippen LogP contribution is -2.26. The number of carbonyl (C=O) groups is 1. The van der Waals surface area contributed by atoms with Crippen molar-refractivity contribution in [1.29, 1.82) is 0 Å². The molecule has 0 aliphatic carbocycles. The van der Waals surface area contributed by atoms with Crippen LogP contribution < -0.4 is 4.74 Å². The van der Waals surface area contributed by atoms with Crippen LogP contribution in [0.1, 0.15) is 35.9 Å². The van der Waals surface area contributed by atoms with Gasteiger partial charge in [-0.3, -0.25) is 9.69 Å². The van der Waals surface area contributed by atoms with Crippen molar-refractivity contribution in [3.05, 3.63) is 57.6 Å². The van der Waals surface area contributed by atoms with E-state index in [0.29, 0.717) is 17.2 Å². The van der Waals surface area contributed by atoms with Gasteiger partial charge in [-0.25, -0.2) is 4.98 Å². The summed E-state index contributed by atoms with van der Waals surface area (Å²) < 4.78 is 6.68. The van der Waals surface area contributed by atoms with Crippen molar-refractivity contribution < 1.29 is 9.53 Å². The number of fused-ring (bicyclic) bond motifs is 2. The summed E-state index contributed by atoms with van der Waals surface area (Å²) in [6, 6.07) is 11.9. The maximum atomic E-state index is 12.7. The number of halogens is 1. The molecule has 6 heteroatoms.